The molecule has 0 radical (unpaired) electrons. The maximum atomic E-state index is 13.7. The molecular formula is C28H23F2N5O5S2. The number of ether oxygens (including phenoxy) is 1. The lowest BCUT2D eigenvalue weighted by Crippen LogP contribution is -2.14. The van der Waals surface area contributed by atoms with Gasteiger partial charge in [0.25, 0.3) is 10.0 Å². The SMILES string of the molecule is COc1ncc(-c2ccc3nc(N)c(Nc4cccc(S(C)(=O)=O)c4)cc3c2)cc1NS(=O)(=O)c1cc(F)cc(F)c1. The van der Waals surface area contributed by atoms with Gasteiger partial charge in [-0.05, 0) is 60.2 Å². The van der Waals surface area contributed by atoms with Crippen molar-refractivity contribution in [1.29, 1.82) is 0 Å². The highest BCUT2D eigenvalue weighted by molar-refractivity contribution is 7.92. The Morgan fingerprint density at radius 1 is 0.833 bits per heavy atom. The normalized spacial score (nSPS) is 11.8. The predicted octanol–water partition coefficient (Wildman–Crippen LogP) is 5.11. The van der Waals surface area contributed by atoms with Gasteiger partial charge in [0.1, 0.15) is 23.1 Å². The summed E-state index contributed by atoms with van der Waals surface area (Å²) in [7, 11) is -6.51. The van der Waals surface area contributed by atoms with Gasteiger partial charge in [0.2, 0.25) is 5.88 Å². The van der Waals surface area contributed by atoms with Crippen molar-refractivity contribution < 1.29 is 30.4 Å². The van der Waals surface area contributed by atoms with Gasteiger partial charge in [0.05, 0.1) is 28.1 Å². The van der Waals surface area contributed by atoms with Crippen LogP contribution in [-0.4, -0.2) is 40.2 Å². The van der Waals surface area contributed by atoms with E-state index in [1.807, 2.05) is 0 Å². The average Bonchev–Trinajstić information content (AvgIpc) is 2.92. The van der Waals surface area contributed by atoms with Gasteiger partial charge < -0.3 is 15.8 Å². The molecule has 0 atom stereocenters. The van der Waals surface area contributed by atoms with Gasteiger partial charge in [-0.15, -0.1) is 0 Å². The number of hydrogen-bond acceptors (Lipinski definition) is 9. The number of pyridine rings is 2. The number of nitrogens with zero attached hydrogens (tertiary/aromatic N) is 2. The van der Waals surface area contributed by atoms with Gasteiger partial charge >= 0.3 is 0 Å². The molecule has 0 bridgehead atoms. The van der Waals surface area contributed by atoms with E-state index >= 15 is 0 Å². The Morgan fingerprint density at radius 2 is 1.57 bits per heavy atom. The van der Waals surface area contributed by atoms with Crippen LogP contribution in [0.3, 0.4) is 0 Å². The molecule has 216 valence electrons. The minimum Gasteiger partial charge on any atom is -0.480 e. The third-order valence-electron chi connectivity index (χ3n) is 6.15. The number of rotatable bonds is 8. The van der Waals surface area contributed by atoms with Crippen LogP contribution in [0.25, 0.3) is 22.0 Å². The maximum absolute atomic E-state index is 13.7. The maximum Gasteiger partial charge on any atom is 0.262 e. The molecule has 5 aromatic rings. The van der Waals surface area contributed by atoms with Crippen LogP contribution in [0.1, 0.15) is 0 Å². The molecule has 0 unspecified atom stereocenters. The molecule has 10 nitrogen and oxygen atoms in total. The van der Waals surface area contributed by atoms with Crippen molar-refractivity contribution in [3.8, 4) is 17.0 Å². The highest BCUT2D eigenvalue weighted by Crippen LogP contribution is 2.33. The first kappa shape index (κ1) is 28.7. The van der Waals surface area contributed by atoms with E-state index in [1.54, 1.807) is 36.4 Å². The Bertz CT molecular complexity index is 2050. The van der Waals surface area contributed by atoms with Crippen molar-refractivity contribution in [3.63, 3.8) is 0 Å². The Balaban J connectivity index is 1.50. The van der Waals surface area contributed by atoms with Crippen LogP contribution in [0.4, 0.5) is 31.7 Å². The van der Waals surface area contributed by atoms with Gasteiger partial charge in [-0.25, -0.2) is 35.6 Å². The minimum absolute atomic E-state index is 0.0525. The summed E-state index contributed by atoms with van der Waals surface area (Å²) in [5.41, 5.74) is 8.74. The second-order valence-corrected chi connectivity index (χ2v) is 12.9. The molecule has 0 amide bonds. The van der Waals surface area contributed by atoms with Crippen LogP contribution < -0.4 is 20.5 Å². The molecule has 42 heavy (non-hydrogen) atoms. The predicted molar refractivity (Wildman–Crippen MR) is 156 cm³/mol. The molecule has 0 fully saturated rings. The van der Waals surface area contributed by atoms with E-state index in [1.165, 1.54) is 31.5 Å². The highest BCUT2D eigenvalue weighted by Gasteiger charge is 2.20. The van der Waals surface area contributed by atoms with Crippen molar-refractivity contribution in [2.24, 2.45) is 0 Å². The second-order valence-electron chi connectivity index (χ2n) is 9.25. The van der Waals surface area contributed by atoms with Crippen LogP contribution in [0.2, 0.25) is 0 Å². The van der Waals surface area contributed by atoms with E-state index in [0.29, 0.717) is 51.6 Å². The molecule has 5 rings (SSSR count). The molecule has 4 N–H and O–H groups in total. The number of halogens is 2. The smallest absolute Gasteiger partial charge is 0.262 e. The number of aromatic nitrogens is 2. The zero-order chi connectivity index (χ0) is 30.2. The minimum atomic E-state index is -4.40. The summed E-state index contributed by atoms with van der Waals surface area (Å²) in [5.74, 6) is -1.96. The van der Waals surface area contributed by atoms with E-state index < -0.39 is 36.4 Å². The molecule has 3 aromatic carbocycles. The standard InChI is InChI=1S/C28H23F2N5O5S2/c1-40-28-26(35-42(38,39)23-12-19(29)11-20(30)13-23)10-18(15-32-28)16-6-7-24-17(8-16)9-25(27(31)34-24)33-21-4-3-5-22(14-21)41(2,36)37/h3-15,33,35H,1-2H3,(H2,31,34). The quantitative estimate of drug-likeness (QED) is 0.217. The van der Waals surface area contributed by atoms with E-state index in [-0.39, 0.29) is 22.3 Å². The number of sulfone groups is 1. The number of nitrogens with two attached hydrogens (primary N) is 1. The molecule has 0 aliphatic rings. The zero-order valence-corrected chi connectivity index (χ0v) is 23.7. The highest BCUT2D eigenvalue weighted by atomic mass is 32.2. The summed E-state index contributed by atoms with van der Waals surface area (Å²) < 4.78 is 84.5. The molecule has 0 aliphatic heterocycles. The number of methoxy groups -OCH3 is 1. The van der Waals surface area contributed by atoms with E-state index in [4.69, 9.17) is 10.5 Å². The lowest BCUT2D eigenvalue weighted by atomic mass is 10.0. The first-order valence-electron chi connectivity index (χ1n) is 12.1. The lowest BCUT2D eigenvalue weighted by molar-refractivity contribution is 0.400. The first-order chi connectivity index (χ1) is 19.8. The third-order valence-corrected chi connectivity index (χ3v) is 8.61. The number of hydrogen-bond donors (Lipinski definition) is 3. The Kier molecular flexibility index (Phi) is 7.43. The molecule has 0 spiro atoms. The Morgan fingerprint density at radius 3 is 2.26 bits per heavy atom. The van der Waals surface area contributed by atoms with Crippen LogP contribution in [0.15, 0.2) is 88.8 Å². The van der Waals surface area contributed by atoms with Gasteiger partial charge in [0.15, 0.2) is 9.84 Å². The summed E-state index contributed by atoms with van der Waals surface area (Å²) in [6.45, 7) is 0. The summed E-state index contributed by atoms with van der Waals surface area (Å²) in [6, 6.07) is 16.7. The number of anilines is 4. The number of benzene rings is 3. The largest absolute Gasteiger partial charge is 0.480 e. The fourth-order valence-corrected chi connectivity index (χ4v) is 5.92. The number of sulfonamides is 1. The number of nitrogens with one attached hydrogen (secondary N) is 2. The number of fused-ring (bicyclic) bond motifs is 1. The first-order valence-corrected chi connectivity index (χ1v) is 15.5. The van der Waals surface area contributed by atoms with Crippen molar-refractivity contribution in [2.75, 3.05) is 29.1 Å². The van der Waals surface area contributed by atoms with Crippen molar-refractivity contribution >= 4 is 53.6 Å². The summed E-state index contributed by atoms with van der Waals surface area (Å²) in [5, 5.41) is 3.76. The molecule has 0 saturated carbocycles. The van der Waals surface area contributed by atoms with E-state index in [9.17, 15) is 25.6 Å². The fraction of sp³-hybridized carbons (Fsp3) is 0.0714. The molecule has 2 aromatic heterocycles. The fourth-order valence-electron chi connectivity index (χ4n) is 4.16. The topological polar surface area (TPSA) is 153 Å². The Labute approximate surface area is 240 Å². The Hall–Kier alpha value is -4.82. The monoisotopic (exact) mass is 611 g/mol. The average molecular weight is 612 g/mol. The van der Waals surface area contributed by atoms with Crippen LogP contribution >= 0.6 is 0 Å². The van der Waals surface area contributed by atoms with Crippen LogP contribution in [-0.2, 0) is 19.9 Å². The van der Waals surface area contributed by atoms with Crippen molar-refractivity contribution in [2.45, 2.75) is 9.79 Å². The lowest BCUT2D eigenvalue weighted by Gasteiger charge is -2.14. The zero-order valence-electron chi connectivity index (χ0n) is 22.1. The van der Waals surface area contributed by atoms with Crippen molar-refractivity contribution in [1.82, 2.24) is 9.97 Å². The van der Waals surface area contributed by atoms with Gasteiger partial charge in [0, 0.05) is 35.2 Å². The van der Waals surface area contributed by atoms with E-state index in [0.717, 1.165) is 6.26 Å². The van der Waals surface area contributed by atoms with Crippen LogP contribution in [0.5, 0.6) is 5.88 Å². The number of nitrogen functional groups attached to an aromatic ring is 1. The molecule has 2 heterocycles. The second kappa shape index (κ2) is 10.9. The van der Waals surface area contributed by atoms with Gasteiger partial charge in [-0.1, -0.05) is 12.1 Å². The van der Waals surface area contributed by atoms with Gasteiger partial charge in [-0.2, -0.15) is 0 Å². The molecule has 0 saturated heterocycles. The summed E-state index contributed by atoms with van der Waals surface area (Å²) >= 11 is 0. The van der Waals surface area contributed by atoms with E-state index in [2.05, 4.69) is 20.0 Å². The van der Waals surface area contributed by atoms with Crippen LogP contribution in [0, 0.1) is 11.6 Å². The molecule has 14 heteroatoms. The summed E-state index contributed by atoms with van der Waals surface area (Å²) in [6.07, 6.45) is 2.59. The summed E-state index contributed by atoms with van der Waals surface area (Å²) in [4.78, 5) is 8.15. The molecule has 0 aliphatic carbocycles. The third kappa shape index (κ3) is 6.09. The van der Waals surface area contributed by atoms with Gasteiger partial charge in [-0.3, -0.25) is 4.72 Å². The van der Waals surface area contributed by atoms with Crippen molar-refractivity contribution in [3.05, 3.63) is 90.6 Å². The molecular weight excluding hydrogens is 588 g/mol.